The zero-order valence-corrected chi connectivity index (χ0v) is 33.5. The van der Waals surface area contributed by atoms with Crippen LogP contribution in [0.25, 0.3) is 32.7 Å². The van der Waals surface area contributed by atoms with Crippen molar-refractivity contribution in [2.75, 3.05) is 7.11 Å². The molecule has 0 heterocycles. The summed E-state index contributed by atoms with van der Waals surface area (Å²) in [6, 6.07) is 23.9. The van der Waals surface area contributed by atoms with Crippen molar-refractivity contribution >= 4 is 33.5 Å². The molecule has 284 valence electrons. The molecule has 3 saturated carbocycles. The molecule has 3 fully saturated rings. The maximum absolute atomic E-state index is 14.4. The van der Waals surface area contributed by atoms with Crippen molar-refractivity contribution in [3.8, 4) is 11.1 Å². The maximum atomic E-state index is 14.4. The van der Waals surface area contributed by atoms with Crippen LogP contribution in [0, 0.1) is 46.3 Å². The van der Waals surface area contributed by atoms with E-state index in [1.807, 2.05) is 72.8 Å². The van der Waals surface area contributed by atoms with Crippen molar-refractivity contribution in [1.29, 1.82) is 0 Å². The summed E-state index contributed by atoms with van der Waals surface area (Å²) in [6.07, 6.45) is 16.0. The average molecular weight is 725 g/mol. The van der Waals surface area contributed by atoms with Crippen LogP contribution in [0.1, 0.15) is 126 Å². The van der Waals surface area contributed by atoms with Gasteiger partial charge in [0.2, 0.25) is 0 Å². The van der Waals surface area contributed by atoms with Crippen molar-refractivity contribution in [3.63, 3.8) is 0 Å². The number of allylic oxidation sites excluding steroid dienone is 1. The second kappa shape index (κ2) is 14.6. The van der Waals surface area contributed by atoms with Crippen LogP contribution in [0.3, 0.4) is 0 Å². The summed E-state index contributed by atoms with van der Waals surface area (Å²) in [6.45, 7) is 12.5. The summed E-state index contributed by atoms with van der Waals surface area (Å²) < 4.78 is 11.8. The Bertz CT molecular complexity index is 2090. The Morgan fingerprint density at radius 2 is 1.35 bits per heavy atom. The molecule has 0 unspecified atom stereocenters. The van der Waals surface area contributed by atoms with Crippen LogP contribution in [-0.4, -0.2) is 25.2 Å². The van der Waals surface area contributed by atoms with Gasteiger partial charge in [-0.3, -0.25) is 0 Å². The molecule has 0 amide bonds. The van der Waals surface area contributed by atoms with Gasteiger partial charge in [0.1, 0.15) is 6.10 Å². The molecule has 0 saturated heterocycles. The number of hydrogen-bond donors (Lipinski definition) is 0. The number of methoxy groups -OCH3 is 1. The number of hydrogen-bond acceptors (Lipinski definition) is 4. The molecule has 4 heteroatoms. The highest BCUT2D eigenvalue weighted by Crippen LogP contribution is 2.67. The number of fused-ring (bicyclic) bond motifs is 7. The van der Waals surface area contributed by atoms with E-state index in [2.05, 4.69) is 40.7 Å². The lowest BCUT2D eigenvalue weighted by Gasteiger charge is -2.58. The number of carbonyl (C=O) groups excluding carboxylic acids is 2. The van der Waals surface area contributed by atoms with Gasteiger partial charge in [0.15, 0.2) is 0 Å². The molecule has 54 heavy (non-hydrogen) atoms. The second-order valence-electron chi connectivity index (χ2n) is 18.5. The highest BCUT2D eigenvalue weighted by atomic mass is 16.5. The minimum absolute atomic E-state index is 0.166. The van der Waals surface area contributed by atoms with Crippen molar-refractivity contribution in [2.24, 2.45) is 46.3 Å². The summed E-state index contributed by atoms with van der Waals surface area (Å²) in [5, 5.41) is 3.91. The first-order valence-electron chi connectivity index (χ1n) is 21.0. The fourth-order valence-electron chi connectivity index (χ4n) is 12.3. The monoisotopic (exact) mass is 724 g/mol. The van der Waals surface area contributed by atoms with E-state index in [1.54, 1.807) is 0 Å². The Kier molecular flexibility index (Phi) is 10.0. The van der Waals surface area contributed by atoms with Gasteiger partial charge in [0.05, 0.1) is 18.2 Å². The Balaban J connectivity index is 1.04. The largest absolute Gasteiger partial charge is 0.465 e. The zero-order valence-electron chi connectivity index (χ0n) is 33.5. The summed E-state index contributed by atoms with van der Waals surface area (Å²) >= 11 is 0. The molecular weight excluding hydrogens is 665 g/mol. The minimum Gasteiger partial charge on any atom is -0.465 e. The van der Waals surface area contributed by atoms with Gasteiger partial charge in [-0.2, -0.15) is 0 Å². The highest BCUT2D eigenvalue weighted by molar-refractivity contribution is 6.09. The predicted molar refractivity (Wildman–Crippen MR) is 220 cm³/mol. The summed E-state index contributed by atoms with van der Waals surface area (Å²) in [7, 11) is 1.41. The van der Waals surface area contributed by atoms with Crippen LogP contribution in [0.15, 0.2) is 84.4 Å². The van der Waals surface area contributed by atoms with Gasteiger partial charge in [0, 0.05) is 6.42 Å². The average Bonchev–Trinajstić information content (AvgIpc) is 3.53. The minimum atomic E-state index is -0.426. The van der Waals surface area contributed by atoms with E-state index in [9.17, 15) is 9.59 Å². The molecule has 8 atom stereocenters. The van der Waals surface area contributed by atoms with Crippen LogP contribution >= 0.6 is 0 Å². The smallest absolute Gasteiger partial charge is 0.339 e. The van der Waals surface area contributed by atoms with Crippen molar-refractivity contribution in [3.05, 3.63) is 95.6 Å². The lowest BCUT2D eigenvalue weighted by atomic mass is 9.47. The number of esters is 2. The summed E-state index contributed by atoms with van der Waals surface area (Å²) in [4.78, 5) is 27.6. The summed E-state index contributed by atoms with van der Waals surface area (Å²) in [5.41, 5.74) is 4.48. The molecule has 0 spiro atoms. The van der Waals surface area contributed by atoms with Crippen molar-refractivity contribution in [1.82, 2.24) is 0 Å². The normalized spacial score (nSPS) is 29.6. The highest BCUT2D eigenvalue weighted by Gasteiger charge is 2.59. The molecule has 0 radical (unpaired) electrons. The number of rotatable bonds is 9. The molecule has 8 rings (SSSR count). The van der Waals surface area contributed by atoms with E-state index >= 15 is 0 Å². The molecule has 4 aliphatic carbocycles. The lowest BCUT2D eigenvalue weighted by molar-refractivity contribution is -0.0594. The Hall–Kier alpha value is -3.92. The first-order valence-corrected chi connectivity index (χ1v) is 21.0. The van der Waals surface area contributed by atoms with Crippen LogP contribution in [0.5, 0.6) is 0 Å². The lowest BCUT2D eigenvalue weighted by Crippen LogP contribution is -2.51. The first-order chi connectivity index (χ1) is 26.0. The van der Waals surface area contributed by atoms with Gasteiger partial charge in [-0.25, -0.2) is 9.59 Å². The Morgan fingerprint density at radius 1 is 0.741 bits per heavy atom. The molecule has 0 bridgehead atoms. The van der Waals surface area contributed by atoms with Crippen LogP contribution in [0.4, 0.5) is 0 Å². The first kappa shape index (κ1) is 37.0. The molecule has 4 aromatic rings. The SMILES string of the molecule is COC(=O)c1cc2ccccc2cc1-c1cc2ccccc2cc1C(=O)O[C@H]1CC[C@@]2(C)C(=CC[C@H]3[C@@H]4CC[C@H]([C@H](C)CCCC(C)C)[C@@]4(C)CC[C@@H]32)C1. The van der Waals surface area contributed by atoms with E-state index < -0.39 is 5.97 Å². The number of ether oxygens (including phenoxy) is 2. The third-order valence-corrected chi connectivity index (χ3v) is 15.2. The van der Waals surface area contributed by atoms with E-state index in [4.69, 9.17) is 9.47 Å². The molecule has 0 aliphatic heterocycles. The molecule has 4 aromatic carbocycles. The molecular formula is C50H60O4. The van der Waals surface area contributed by atoms with Gasteiger partial charge >= 0.3 is 11.9 Å². The quantitative estimate of drug-likeness (QED) is 0.127. The third kappa shape index (κ3) is 6.50. The van der Waals surface area contributed by atoms with Gasteiger partial charge in [-0.1, -0.05) is 114 Å². The molecule has 4 nitrogen and oxygen atoms in total. The van der Waals surface area contributed by atoms with E-state index in [0.29, 0.717) is 27.7 Å². The Morgan fingerprint density at radius 3 is 1.96 bits per heavy atom. The summed E-state index contributed by atoms with van der Waals surface area (Å²) in [5.74, 6) is 4.06. The van der Waals surface area contributed by atoms with Crippen LogP contribution in [0.2, 0.25) is 0 Å². The maximum Gasteiger partial charge on any atom is 0.339 e. The number of carbonyl (C=O) groups is 2. The van der Waals surface area contributed by atoms with Gasteiger partial charge in [-0.15, -0.1) is 0 Å². The van der Waals surface area contributed by atoms with Crippen LogP contribution in [-0.2, 0) is 9.47 Å². The predicted octanol–water partition coefficient (Wildman–Crippen LogP) is 13.0. The molecule has 4 aliphatic rings. The number of benzene rings is 4. The van der Waals surface area contributed by atoms with Gasteiger partial charge in [-0.05, 0) is 148 Å². The molecule has 0 N–H and O–H groups in total. The van der Waals surface area contributed by atoms with Gasteiger partial charge in [0.25, 0.3) is 0 Å². The van der Waals surface area contributed by atoms with Crippen molar-refractivity contribution < 1.29 is 19.1 Å². The fourth-order valence-corrected chi connectivity index (χ4v) is 12.3. The van der Waals surface area contributed by atoms with Crippen molar-refractivity contribution in [2.45, 2.75) is 111 Å². The van der Waals surface area contributed by atoms with E-state index in [-0.39, 0.29) is 17.5 Å². The fraction of sp³-hybridized carbons (Fsp3) is 0.520. The Labute approximate surface area is 323 Å². The van der Waals surface area contributed by atoms with E-state index in [1.165, 1.54) is 64.0 Å². The third-order valence-electron chi connectivity index (χ3n) is 15.2. The zero-order chi connectivity index (χ0) is 37.8. The standard InChI is InChI=1S/C50H60O4/c1-31(2)12-11-13-32(3)44-20-21-45-39-19-18-37-30-38(22-24-49(37,4)46(39)23-25-50(44,45)5)54-48(52)43-29-36-17-10-8-15-34(36)27-41(43)40-26-33-14-7-9-16-35(33)28-42(40)47(51)53-6/h7-10,14-18,26-29,31-32,38-39,44-46H,11-13,19-25,30H2,1-6H3/t32-,38+,39+,44-,45+,46+,49+,50-/m1/s1. The van der Waals surface area contributed by atoms with E-state index in [0.717, 1.165) is 76.3 Å². The van der Waals surface area contributed by atoms with Crippen LogP contribution < -0.4 is 0 Å². The topological polar surface area (TPSA) is 52.6 Å². The second-order valence-corrected chi connectivity index (χ2v) is 18.5. The molecule has 0 aromatic heterocycles. The van der Waals surface area contributed by atoms with Gasteiger partial charge < -0.3 is 9.47 Å².